The fraction of sp³-hybridized carbons (Fsp3) is 0.250. The number of ether oxygens (including phenoxy) is 1. The van der Waals surface area contributed by atoms with Crippen LogP contribution in [-0.2, 0) is 4.74 Å². The predicted octanol–water partition coefficient (Wildman–Crippen LogP) is 2.02. The Balaban J connectivity index is 2.35. The van der Waals surface area contributed by atoms with Gasteiger partial charge in [-0.3, -0.25) is 4.79 Å². The highest BCUT2D eigenvalue weighted by molar-refractivity contribution is 5.98. The third-order valence-corrected chi connectivity index (χ3v) is 2.50. The quantitative estimate of drug-likeness (QED) is 0.854. The molecule has 0 spiro atoms. The van der Waals surface area contributed by atoms with Gasteiger partial charge in [-0.25, -0.2) is 14.2 Å². The van der Waals surface area contributed by atoms with E-state index < -0.39 is 23.8 Å². The third kappa shape index (κ3) is 2.54. The zero-order valence-electron chi connectivity index (χ0n) is 10.1. The minimum atomic E-state index is -1.09. The summed E-state index contributed by atoms with van der Waals surface area (Å²) >= 11 is 0. The normalized spacial score (nSPS) is 12.3. The molecule has 1 unspecified atom stereocenters. The number of halogens is 1. The van der Waals surface area contributed by atoms with Crippen molar-refractivity contribution in [2.45, 2.75) is 19.4 Å². The molecule has 0 radical (unpaired) electrons. The first-order valence-electron chi connectivity index (χ1n) is 5.58. The van der Waals surface area contributed by atoms with Gasteiger partial charge in [0, 0.05) is 0 Å². The average Bonchev–Trinajstić information content (AvgIpc) is 2.80. The van der Waals surface area contributed by atoms with Crippen LogP contribution >= 0.6 is 0 Å². The average molecular weight is 266 g/mol. The number of primary amides is 1. The van der Waals surface area contributed by atoms with Crippen LogP contribution < -0.4 is 5.73 Å². The molecule has 0 saturated carbocycles. The fourth-order valence-electron chi connectivity index (χ4n) is 1.62. The number of fused-ring (bicyclic) bond motifs is 1. The van der Waals surface area contributed by atoms with Gasteiger partial charge in [0.05, 0.1) is 0 Å². The van der Waals surface area contributed by atoms with Crippen LogP contribution in [0.15, 0.2) is 22.6 Å². The zero-order chi connectivity index (χ0) is 14.0. The molecule has 1 heterocycles. The lowest BCUT2D eigenvalue weighted by atomic mass is 10.2. The summed E-state index contributed by atoms with van der Waals surface area (Å²) < 4.78 is 23.1. The number of nitrogens with zero attached hydrogens (tertiary/aromatic N) is 1. The molecule has 2 rings (SSSR count). The highest BCUT2D eigenvalue weighted by atomic mass is 19.1. The Kier molecular flexibility index (Phi) is 3.46. The summed E-state index contributed by atoms with van der Waals surface area (Å²) in [5, 5.41) is 0. The van der Waals surface area contributed by atoms with Crippen LogP contribution in [0.2, 0.25) is 0 Å². The Morgan fingerprint density at radius 1 is 1.53 bits per heavy atom. The highest BCUT2D eigenvalue weighted by Gasteiger charge is 2.26. The molecule has 0 aliphatic heterocycles. The van der Waals surface area contributed by atoms with Crippen molar-refractivity contribution in [2.24, 2.45) is 5.73 Å². The van der Waals surface area contributed by atoms with Gasteiger partial charge in [0.1, 0.15) is 5.52 Å². The van der Waals surface area contributed by atoms with Gasteiger partial charge in [0.25, 0.3) is 11.7 Å². The third-order valence-electron chi connectivity index (χ3n) is 2.50. The van der Waals surface area contributed by atoms with Crippen LogP contribution in [0, 0.1) is 5.82 Å². The number of rotatable bonds is 4. The van der Waals surface area contributed by atoms with E-state index in [-0.39, 0.29) is 23.4 Å². The first-order chi connectivity index (χ1) is 9.02. The van der Waals surface area contributed by atoms with Gasteiger partial charge >= 0.3 is 6.09 Å². The number of hydrogen-bond acceptors (Lipinski definition) is 5. The van der Waals surface area contributed by atoms with Gasteiger partial charge in [0.2, 0.25) is 0 Å². The largest absolute Gasteiger partial charge is 0.438 e. The lowest BCUT2D eigenvalue weighted by Gasteiger charge is -2.10. The summed E-state index contributed by atoms with van der Waals surface area (Å²) in [5.41, 5.74) is 4.97. The number of para-hydroxylation sites is 1. The molecule has 1 aromatic heterocycles. The topological polar surface area (TPSA) is 95.4 Å². The molecule has 1 amide bonds. The van der Waals surface area contributed by atoms with Gasteiger partial charge < -0.3 is 14.9 Å². The predicted molar refractivity (Wildman–Crippen MR) is 63.0 cm³/mol. The molecule has 19 heavy (non-hydrogen) atoms. The Morgan fingerprint density at radius 3 is 2.84 bits per heavy atom. The lowest BCUT2D eigenvalue weighted by molar-refractivity contribution is 0.0616. The molecule has 0 saturated heterocycles. The minimum absolute atomic E-state index is 0.111. The summed E-state index contributed by atoms with van der Waals surface area (Å²) in [7, 11) is 0. The number of carbonyl (C=O) groups is 2. The molecule has 2 N–H and O–H groups in total. The van der Waals surface area contributed by atoms with E-state index in [4.69, 9.17) is 10.2 Å². The second kappa shape index (κ2) is 5.05. The molecule has 0 aliphatic carbocycles. The Labute approximate surface area is 107 Å². The number of aromatic nitrogens is 1. The van der Waals surface area contributed by atoms with E-state index in [1.807, 2.05) is 0 Å². The van der Waals surface area contributed by atoms with Crippen molar-refractivity contribution < 1.29 is 23.1 Å². The lowest BCUT2D eigenvalue weighted by Crippen LogP contribution is -2.29. The monoisotopic (exact) mass is 266 g/mol. The number of benzene rings is 1. The van der Waals surface area contributed by atoms with E-state index >= 15 is 0 Å². The second-order valence-electron chi connectivity index (χ2n) is 3.81. The van der Waals surface area contributed by atoms with Gasteiger partial charge in [-0.15, -0.1) is 0 Å². The first-order valence-corrected chi connectivity index (χ1v) is 5.58. The number of Topliss-reactive ketones (excluding diaryl/α,β-unsaturated/α-hetero) is 1. The summed E-state index contributed by atoms with van der Waals surface area (Å²) in [6, 6.07) is 4.15. The molecule has 2 aromatic rings. The maximum absolute atomic E-state index is 13.4. The molecule has 7 heteroatoms. The van der Waals surface area contributed by atoms with Crippen LogP contribution in [0.3, 0.4) is 0 Å². The molecule has 0 aliphatic rings. The van der Waals surface area contributed by atoms with E-state index in [0.29, 0.717) is 0 Å². The Hall–Kier alpha value is -2.44. The van der Waals surface area contributed by atoms with Gasteiger partial charge in [0.15, 0.2) is 17.5 Å². The second-order valence-corrected chi connectivity index (χ2v) is 3.81. The van der Waals surface area contributed by atoms with Crippen LogP contribution in [0.4, 0.5) is 9.18 Å². The fourth-order valence-corrected chi connectivity index (χ4v) is 1.62. The number of ketones is 1. The maximum atomic E-state index is 13.4. The Bertz CT molecular complexity index is 638. The number of oxazole rings is 1. The SMILES string of the molecule is CCC(OC(N)=O)C(=O)c1nc2cccc(F)c2o1. The van der Waals surface area contributed by atoms with Crippen molar-refractivity contribution in [2.75, 3.05) is 0 Å². The van der Waals surface area contributed by atoms with E-state index in [0.717, 1.165) is 0 Å². The van der Waals surface area contributed by atoms with Gasteiger partial charge in [-0.2, -0.15) is 0 Å². The first kappa shape index (κ1) is 13.0. The van der Waals surface area contributed by atoms with E-state index in [1.54, 1.807) is 6.92 Å². The number of amides is 1. The standard InChI is InChI=1S/C12H11FN2O4/c1-2-8(18-12(14)17)9(16)11-15-7-5-3-4-6(13)10(7)19-11/h3-5,8H,2H2,1H3,(H2,14,17). The van der Waals surface area contributed by atoms with Crippen LogP contribution in [0.25, 0.3) is 11.1 Å². The number of nitrogens with two attached hydrogens (primary N) is 1. The van der Waals surface area contributed by atoms with Crippen molar-refractivity contribution in [3.8, 4) is 0 Å². The van der Waals surface area contributed by atoms with Crippen LogP contribution in [0.1, 0.15) is 24.0 Å². The molecular formula is C12H11FN2O4. The van der Waals surface area contributed by atoms with Crippen molar-refractivity contribution in [3.63, 3.8) is 0 Å². The zero-order valence-corrected chi connectivity index (χ0v) is 10.1. The smallest absolute Gasteiger partial charge is 0.405 e. The van der Waals surface area contributed by atoms with Crippen molar-refractivity contribution in [3.05, 3.63) is 29.9 Å². The number of carbonyl (C=O) groups excluding carboxylic acids is 2. The number of hydrogen-bond donors (Lipinski definition) is 1. The summed E-state index contributed by atoms with van der Waals surface area (Å²) in [5.74, 6) is -1.59. The Morgan fingerprint density at radius 2 is 2.26 bits per heavy atom. The van der Waals surface area contributed by atoms with E-state index in [1.165, 1.54) is 18.2 Å². The summed E-state index contributed by atoms with van der Waals surface area (Å²) in [6.45, 7) is 1.63. The van der Waals surface area contributed by atoms with Crippen LogP contribution in [0.5, 0.6) is 0 Å². The van der Waals surface area contributed by atoms with Gasteiger partial charge in [-0.05, 0) is 18.6 Å². The summed E-state index contributed by atoms with van der Waals surface area (Å²) in [4.78, 5) is 26.5. The molecule has 0 bridgehead atoms. The molecule has 1 atom stereocenters. The van der Waals surface area contributed by atoms with Crippen LogP contribution in [-0.4, -0.2) is 23.0 Å². The summed E-state index contributed by atoms with van der Waals surface area (Å²) in [6.07, 6.45) is -1.95. The van der Waals surface area contributed by atoms with E-state index in [2.05, 4.69) is 9.72 Å². The van der Waals surface area contributed by atoms with Crippen molar-refractivity contribution in [1.82, 2.24) is 4.98 Å². The van der Waals surface area contributed by atoms with Gasteiger partial charge in [-0.1, -0.05) is 13.0 Å². The molecule has 1 aromatic carbocycles. The van der Waals surface area contributed by atoms with Crippen molar-refractivity contribution in [1.29, 1.82) is 0 Å². The maximum Gasteiger partial charge on any atom is 0.405 e. The molecule has 100 valence electrons. The van der Waals surface area contributed by atoms with E-state index in [9.17, 15) is 14.0 Å². The molecule has 6 nitrogen and oxygen atoms in total. The molecular weight excluding hydrogens is 255 g/mol. The molecule has 0 fully saturated rings. The minimum Gasteiger partial charge on any atom is -0.438 e. The highest BCUT2D eigenvalue weighted by Crippen LogP contribution is 2.20. The van der Waals surface area contributed by atoms with Crippen molar-refractivity contribution >= 4 is 23.0 Å².